The Morgan fingerprint density at radius 3 is 1.76 bits per heavy atom. The third kappa shape index (κ3) is 14.2. The Kier molecular flexibility index (Phi) is 21.6. The number of nitrogen functional groups attached to an aromatic ring is 2. The maximum absolute atomic E-state index is 14.9. The van der Waals surface area contributed by atoms with Gasteiger partial charge in [-0.15, -0.1) is 0 Å². The molecule has 7 rings (SSSR count). The minimum atomic E-state index is -5.02. The van der Waals surface area contributed by atoms with Crippen molar-refractivity contribution < 1.29 is 61.9 Å². The van der Waals surface area contributed by atoms with E-state index in [1.807, 2.05) is 18.2 Å². The maximum atomic E-state index is 14.9. The monoisotopic (exact) mass is 1100 g/mol. The van der Waals surface area contributed by atoms with Gasteiger partial charge in [-0.25, -0.2) is 28.0 Å². The van der Waals surface area contributed by atoms with Gasteiger partial charge in [0.25, 0.3) is 0 Å². The number of rotatable bonds is 32. The summed E-state index contributed by atoms with van der Waals surface area (Å²) in [7, 11) is -5.02. The van der Waals surface area contributed by atoms with E-state index in [0.29, 0.717) is 12.2 Å². The number of nitrogens with two attached hydrogens (primary N) is 2. The van der Waals surface area contributed by atoms with Crippen molar-refractivity contribution in [1.82, 2.24) is 29.2 Å². The molecule has 0 unspecified atom stereocenters. The standard InChI is InChI=1S/C53H69FN11O12P/c1-2-3-4-5-6-7-8-9-10-11-12-13-14-15-16-17-22-71-28-39(72-27-37-23-36(26-55)24-38(54)25-37)29-73-78(70,74-30-42-46(66)48(68)52(32-56,76-42)44-20-18-40-50(58)60-34-62-64(40)44)75-31-43-47(67)49(69)53(33-57,77-43)45-21-19-41-51(59)61-35-63-65(41)45/h9-10,18-21,23-25,34-35,39,42-43,46-49,66-69H,2-8,11-17,22,27-31H2,1H3,(H2,58,60,62)(H2,59,61,63)/b10-9+/t39-,42-,43-,46-,47-,48-,49-,52+,53+/m1/s1. The summed E-state index contributed by atoms with van der Waals surface area (Å²) < 4.78 is 73.6. The van der Waals surface area contributed by atoms with Crippen LogP contribution in [0.3, 0.4) is 0 Å². The normalized spacial score (nSPS) is 23.8. The van der Waals surface area contributed by atoms with E-state index in [0.717, 1.165) is 70.1 Å². The highest BCUT2D eigenvalue weighted by Crippen LogP contribution is 2.52. The molecule has 0 amide bonds. The topological polar surface area (TPSA) is 346 Å². The number of halogens is 1. The molecule has 8 N–H and O–H groups in total. The van der Waals surface area contributed by atoms with Gasteiger partial charge in [0.15, 0.2) is 11.6 Å². The largest absolute Gasteiger partial charge is 0.475 e. The zero-order valence-corrected chi connectivity index (χ0v) is 44.5. The Morgan fingerprint density at radius 1 is 0.731 bits per heavy atom. The molecule has 2 aliphatic rings. The van der Waals surface area contributed by atoms with Crippen LogP contribution in [0.4, 0.5) is 16.0 Å². The van der Waals surface area contributed by atoms with Crippen LogP contribution >= 0.6 is 7.82 Å². The van der Waals surface area contributed by atoms with Crippen LogP contribution in [0.2, 0.25) is 0 Å². The number of nitrogens with zero attached hydrogens (tertiary/aromatic N) is 9. The molecule has 0 radical (unpaired) electrons. The number of unbranched alkanes of at least 4 members (excludes halogenated alkanes) is 12. The number of phosphoric acid groups is 1. The van der Waals surface area contributed by atoms with Gasteiger partial charge in [0.1, 0.15) is 84.4 Å². The van der Waals surface area contributed by atoms with Crippen LogP contribution in [0, 0.1) is 39.8 Å². The summed E-state index contributed by atoms with van der Waals surface area (Å²) in [5.74, 6) is -0.562. The van der Waals surface area contributed by atoms with E-state index in [4.69, 9.17) is 44.0 Å². The van der Waals surface area contributed by atoms with Crippen LogP contribution in [0.15, 0.2) is 67.3 Å². The van der Waals surface area contributed by atoms with Crippen LogP contribution < -0.4 is 11.5 Å². The van der Waals surface area contributed by atoms with Gasteiger partial charge >= 0.3 is 7.82 Å². The highest BCUT2D eigenvalue weighted by atomic mass is 31.2. The predicted octanol–water partition coefficient (Wildman–Crippen LogP) is 6.12. The van der Waals surface area contributed by atoms with Gasteiger partial charge in [0.05, 0.1) is 56.1 Å². The lowest BCUT2D eigenvalue weighted by Gasteiger charge is -2.26. The Balaban J connectivity index is 1.03. The molecule has 0 saturated carbocycles. The fourth-order valence-corrected chi connectivity index (χ4v) is 10.8. The van der Waals surface area contributed by atoms with Crippen LogP contribution in [-0.4, -0.2) is 125 Å². The van der Waals surface area contributed by atoms with E-state index >= 15 is 0 Å². The van der Waals surface area contributed by atoms with Crippen molar-refractivity contribution in [2.24, 2.45) is 0 Å². The van der Waals surface area contributed by atoms with Crippen molar-refractivity contribution in [3.05, 3.63) is 95.6 Å². The molecule has 2 fully saturated rings. The minimum Gasteiger partial charge on any atom is -0.387 e. The van der Waals surface area contributed by atoms with Crippen LogP contribution in [0.1, 0.15) is 119 Å². The number of nitriles is 3. The molecule has 0 bridgehead atoms. The Hall–Kier alpha value is -6.01. The van der Waals surface area contributed by atoms with Crippen molar-refractivity contribution in [3.8, 4) is 18.2 Å². The second-order valence-corrected chi connectivity index (χ2v) is 21.1. The average molecular weight is 1100 g/mol. The molecule has 1 aromatic carbocycles. The third-order valence-corrected chi connectivity index (χ3v) is 15.3. The molecule has 420 valence electrons. The van der Waals surface area contributed by atoms with Crippen molar-refractivity contribution in [3.63, 3.8) is 0 Å². The van der Waals surface area contributed by atoms with Crippen LogP contribution in [-0.2, 0) is 54.9 Å². The molecular formula is C53H69FN11O12P. The van der Waals surface area contributed by atoms with Gasteiger partial charge in [-0.1, -0.05) is 76.9 Å². The molecule has 23 nitrogen and oxygen atoms in total. The van der Waals surface area contributed by atoms with Crippen molar-refractivity contribution in [1.29, 1.82) is 15.8 Å². The summed E-state index contributed by atoms with van der Waals surface area (Å²) >= 11 is 0. The molecule has 2 saturated heterocycles. The highest BCUT2D eigenvalue weighted by molar-refractivity contribution is 7.48. The lowest BCUT2D eigenvalue weighted by atomic mass is 9.92. The summed E-state index contributed by atoms with van der Waals surface area (Å²) in [6.07, 6.45) is 11.0. The van der Waals surface area contributed by atoms with Crippen molar-refractivity contribution >= 4 is 30.5 Å². The molecule has 25 heteroatoms. The summed E-state index contributed by atoms with van der Waals surface area (Å²) in [6, 6.07) is 15.2. The van der Waals surface area contributed by atoms with Gasteiger partial charge in [-0.3, -0.25) is 13.6 Å². The molecule has 78 heavy (non-hydrogen) atoms. The lowest BCUT2D eigenvalue weighted by Crippen LogP contribution is -2.41. The first kappa shape index (κ1) is 59.6. The van der Waals surface area contributed by atoms with Crippen LogP contribution in [0.5, 0.6) is 0 Å². The number of ether oxygens (including phenoxy) is 4. The number of benzene rings is 1. The molecule has 5 aromatic rings. The number of hydrogen-bond donors (Lipinski definition) is 6. The SMILES string of the molecule is CCCCCCCC/C=C/CCCCCCCCOC[C@H](COP(=O)(OC[C@H]1O[C@@](C#N)(c2ccc3c(N)ncnn23)[C@H](O)[C@@H]1O)OC[C@H]1O[C@@](C#N)(c2ccc3c(N)ncnn23)[C@H](O)[C@@H]1O)OCc1cc(F)cc(C#N)c1. The second kappa shape index (κ2) is 28.2. The van der Waals surface area contributed by atoms with Gasteiger partial charge in [-0.05, 0) is 80.1 Å². The zero-order valence-electron chi connectivity index (χ0n) is 43.6. The molecule has 9 atom stereocenters. The van der Waals surface area contributed by atoms with E-state index in [1.54, 1.807) is 0 Å². The summed E-state index contributed by atoms with van der Waals surface area (Å²) in [4.78, 5) is 7.88. The number of hydrogen-bond acceptors (Lipinski definition) is 21. The first-order valence-corrected chi connectivity index (χ1v) is 27.8. The lowest BCUT2D eigenvalue weighted by molar-refractivity contribution is -0.0802. The molecule has 0 spiro atoms. The van der Waals surface area contributed by atoms with Crippen LogP contribution in [0.25, 0.3) is 11.0 Å². The van der Waals surface area contributed by atoms with Gasteiger partial charge in [0, 0.05) is 6.61 Å². The number of allylic oxidation sites excluding steroid dienone is 2. The highest BCUT2D eigenvalue weighted by Gasteiger charge is 2.59. The molecule has 4 aromatic heterocycles. The fraction of sp³-hybridized carbons (Fsp3) is 0.566. The number of aromatic nitrogens is 6. The second-order valence-electron chi connectivity index (χ2n) is 19.4. The first-order valence-electron chi connectivity index (χ1n) is 26.4. The summed E-state index contributed by atoms with van der Waals surface area (Å²) in [5.41, 5.74) is 8.34. The minimum absolute atomic E-state index is 0.0203. The number of anilines is 2. The summed E-state index contributed by atoms with van der Waals surface area (Å²) in [6.45, 7) is -0.113. The van der Waals surface area contributed by atoms with E-state index in [1.165, 1.54) is 84.0 Å². The predicted molar refractivity (Wildman–Crippen MR) is 279 cm³/mol. The Morgan fingerprint density at radius 2 is 1.24 bits per heavy atom. The molecule has 2 aliphatic heterocycles. The van der Waals surface area contributed by atoms with E-state index < -0.39 is 87.4 Å². The summed E-state index contributed by atoms with van der Waals surface area (Å²) in [5, 5.41) is 84.3. The van der Waals surface area contributed by atoms with Crippen molar-refractivity contribution in [2.45, 2.75) is 157 Å². The van der Waals surface area contributed by atoms with Crippen molar-refractivity contribution in [2.75, 3.05) is 44.5 Å². The number of aliphatic hydroxyl groups excluding tert-OH is 4. The van der Waals surface area contributed by atoms with Gasteiger partial charge in [0.2, 0.25) is 11.2 Å². The Bertz CT molecular complexity index is 2830. The molecular weight excluding hydrogens is 1030 g/mol. The van der Waals surface area contributed by atoms with E-state index in [9.17, 15) is 45.2 Å². The Labute approximate surface area is 451 Å². The molecule has 0 aliphatic carbocycles. The van der Waals surface area contributed by atoms with Gasteiger partial charge < -0.3 is 50.8 Å². The number of fused-ring (bicyclic) bond motifs is 2. The smallest absolute Gasteiger partial charge is 0.387 e. The quantitative estimate of drug-likeness (QED) is 0.0160. The van der Waals surface area contributed by atoms with Gasteiger partial charge in [-0.2, -0.15) is 26.0 Å². The fourth-order valence-electron chi connectivity index (χ4n) is 9.54. The zero-order chi connectivity index (χ0) is 55.7. The maximum Gasteiger partial charge on any atom is 0.475 e. The first-order chi connectivity index (χ1) is 37.7. The number of aliphatic hydroxyl groups is 4. The third-order valence-electron chi connectivity index (χ3n) is 13.9. The number of phosphoric ester groups is 1. The van der Waals surface area contributed by atoms with E-state index in [2.05, 4.69) is 39.2 Å². The average Bonchev–Trinajstić information content (AvgIpc) is 4.41. The van der Waals surface area contributed by atoms with E-state index in [-0.39, 0.29) is 52.8 Å². The molecule has 6 heterocycles.